The second-order valence-corrected chi connectivity index (χ2v) is 5.58. The molecule has 0 heterocycles. The molecule has 2 amide bonds. The number of amides is 2. The molecule has 0 aliphatic rings. The van der Waals surface area contributed by atoms with Crippen molar-refractivity contribution in [3.63, 3.8) is 0 Å². The first-order valence-electron chi connectivity index (χ1n) is 5.28. The van der Waals surface area contributed by atoms with Crippen LogP contribution in [0.15, 0.2) is 28.7 Å². The van der Waals surface area contributed by atoms with E-state index in [1.807, 2.05) is 0 Å². The fourth-order valence-corrected chi connectivity index (χ4v) is 1.55. The number of hydrogen-bond acceptors (Lipinski definition) is 4. The van der Waals surface area contributed by atoms with Crippen molar-refractivity contribution in [3.05, 3.63) is 34.3 Å². The number of hydrazine groups is 1. The van der Waals surface area contributed by atoms with Crippen molar-refractivity contribution in [2.45, 2.75) is 26.4 Å². The van der Waals surface area contributed by atoms with Gasteiger partial charge >= 0.3 is 6.09 Å². The Hall–Kier alpha value is -1.40. The van der Waals surface area contributed by atoms with E-state index < -0.39 is 17.6 Å². The second kappa shape index (κ2) is 5.49. The molecule has 0 unspecified atom stereocenters. The summed E-state index contributed by atoms with van der Waals surface area (Å²) in [5.74, 6) is 4.82. The standard InChI is InChI=1S/C12H15BrN2O3/c1-12(2,3)18-11(17)15(14)10(16)8-5-4-6-9(13)7-8/h4-7H,14H2,1-3H3. The SMILES string of the molecule is CC(C)(C)OC(=O)N(N)C(=O)c1cccc(Br)c1. The van der Waals surface area contributed by atoms with Crippen LogP contribution in [0.5, 0.6) is 0 Å². The third-order valence-electron chi connectivity index (χ3n) is 1.88. The molecule has 98 valence electrons. The average Bonchev–Trinajstić information content (AvgIpc) is 2.24. The molecular formula is C12H15BrN2O3. The Labute approximate surface area is 114 Å². The Balaban J connectivity index is 2.81. The average molecular weight is 315 g/mol. The summed E-state index contributed by atoms with van der Waals surface area (Å²) < 4.78 is 5.73. The van der Waals surface area contributed by atoms with Gasteiger partial charge in [-0.05, 0) is 39.0 Å². The number of rotatable bonds is 1. The van der Waals surface area contributed by atoms with E-state index in [0.717, 1.165) is 4.47 Å². The van der Waals surface area contributed by atoms with Crippen LogP contribution in [-0.2, 0) is 4.74 Å². The highest BCUT2D eigenvalue weighted by Gasteiger charge is 2.25. The van der Waals surface area contributed by atoms with Crippen molar-refractivity contribution in [2.75, 3.05) is 0 Å². The van der Waals surface area contributed by atoms with Crippen molar-refractivity contribution in [1.82, 2.24) is 5.01 Å². The molecule has 5 nitrogen and oxygen atoms in total. The maximum absolute atomic E-state index is 11.9. The minimum absolute atomic E-state index is 0.303. The van der Waals surface area contributed by atoms with Crippen LogP contribution in [0.2, 0.25) is 0 Å². The number of imide groups is 1. The highest BCUT2D eigenvalue weighted by Crippen LogP contribution is 2.14. The smallest absolute Gasteiger partial charge is 0.432 e. The molecule has 0 bridgehead atoms. The Morgan fingerprint density at radius 1 is 1.33 bits per heavy atom. The Morgan fingerprint density at radius 3 is 2.44 bits per heavy atom. The minimum Gasteiger partial charge on any atom is -0.442 e. The summed E-state index contributed by atoms with van der Waals surface area (Å²) >= 11 is 3.24. The topological polar surface area (TPSA) is 72.6 Å². The van der Waals surface area contributed by atoms with Crippen molar-refractivity contribution >= 4 is 27.9 Å². The van der Waals surface area contributed by atoms with Crippen LogP contribution < -0.4 is 5.84 Å². The van der Waals surface area contributed by atoms with Crippen molar-refractivity contribution < 1.29 is 14.3 Å². The van der Waals surface area contributed by atoms with Crippen LogP contribution in [0.1, 0.15) is 31.1 Å². The van der Waals surface area contributed by atoms with Gasteiger partial charge in [0.1, 0.15) is 5.60 Å². The summed E-state index contributed by atoms with van der Waals surface area (Å²) in [7, 11) is 0. The molecule has 0 saturated heterocycles. The molecule has 0 atom stereocenters. The van der Waals surface area contributed by atoms with E-state index in [9.17, 15) is 9.59 Å². The van der Waals surface area contributed by atoms with Crippen molar-refractivity contribution in [3.8, 4) is 0 Å². The van der Waals surface area contributed by atoms with Crippen molar-refractivity contribution in [1.29, 1.82) is 0 Å². The number of nitrogens with zero attached hydrogens (tertiary/aromatic N) is 1. The van der Waals surface area contributed by atoms with Gasteiger partial charge in [0.15, 0.2) is 0 Å². The van der Waals surface area contributed by atoms with E-state index in [0.29, 0.717) is 10.6 Å². The maximum atomic E-state index is 11.9. The predicted octanol–water partition coefficient (Wildman–Crippen LogP) is 2.70. The number of ether oxygens (including phenoxy) is 1. The monoisotopic (exact) mass is 314 g/mol. The zero-order valence-electron chi connectivity index (χ0n) is 10.4. The van der Waals surface area contributed by atoms with Crippen LogP contribution in [0.4, 0.5) is 4.79 Å². The van der Waals surface area contributed by atoms with E-state index >= 15 is 0 Å². The van der Waals surface area contributed by atoms with Crippen LogP contribution in [0.25, 0.3) is 0 Å². The zero-order valence-corrected chi connectivity index (χ0v) is 12.0. The van der Waals surface area contributed by atoms with Gasteiger partial charge in [0.05, 0.1) is 0 Å². The number of hydrogen-bond donors (Lipinski definition) is 1. The molecule has 2 N–H and O–H groups in total. The normalized spacial score (nSPS) is 10.9. The Bertz CT molecular complexity index is 469. The van der Waals surface area contributed by atoms with Crippen LogP contribution >= 0.6 is 15.9 Å². The highest BCUT2D eigenvalue weighted by atomic mass is 79.9. The largest absolute Gasteiger partial charge is 0.442 e. The zero-order chi connectivity index (χ0) is 13.9. The predicted molar refractivity (Wildman–Crippen MR) is 70.7 cm³/mol. The molecule has 1 rings (SSSR count). The highest BCUT2D eigenvalue weighted by molar-refractivity contribution is 9.10. The first kappa shape index (κ1) is 14.7. The third-order valence-corrected chi connectivity index (χ3v) is 2.37. The van der Waals surface area contributed by atoms with Crippen LogP contribution in [-0.4, -0.2) is 22.6 Å². The first-order chi connectivity index (χ1) is 8.20. The summed E-state index contributed by atoms with van der Waals surface area (Å²) in [5, 5.41) is 0.465. The third kappa shape index (κ3) is 4.12. The molecule has 0 radical (unpaired) electrons. The van der Waals surface area contributed by atoms with Crippen LogP contribution in [0.3, 0.4) is 0 Å². The molecule has 1 aromatic carbocycles. The summed E-state index contributed by atoms with van der Waals surface area (Å²) in [6.07, 6.45) is -0.882. The van der Waals surface area contributed by atoms with Crippen molar-refractivity contribution in [2.24, 2.45) is 5.84 Å². The summed E-state index contributed by atoms with van der Waals surface area (Å²) in [4.78, 5) is 23.5. The lowest BCUT2D eigenvalue weighted by atomic mass is 10.2. The van der Waals surface area contributed by atoms with Gasteiger partial charge in [0, 0.05) is 10.0 Å². The quantitative estimate of drug-likeness (QED) is 0.491. The van der Waals surface area contributed by atoms with E-state index in [1.54, 1.807) is 45.0 Å². The molecule has 0 fully saturated rings. The van der Waals surface area contributed by atoms with Gasteiger partial charge in [-0.15, -0.1) is 0 Å². The molecular weight excluding hydrogens is 300 g/mol. The molecule has 0 spiro atoms. The fourth-order valence-electron chi connectivity index (χ4n) is 1.15. The minimum atomic E-state index is -0.882. The lowest BCUT2D eigenvalue weighted by Crippen LogP contribution is -2.45. The first-order valence-corrected chi connectivity index (χ1v) is 6.08. The molecule has 0 aromatic heterocycles. The van der Waals surface area contributed by atoms with Gasteiger partial charge in [0.25, 0.3) is 5.91 Å². The van der Waals surface area contributed by atoms with E-state index in [2.05, 4.69) is 15.9 Å². The van der Waals surface area contributed by atoms with E-state index in [-0.39, 0.29) is 0 Å². The molecule has 6 heteroatoms. The maximum Gasteiger partial charge on any atom is 0.432 e. The molecule has 1 aromatic rings. The Morgan fingerprint density at radius 2 is 1.94 bits per heavy atom. The number of nitrogens with two attached hydrogens (primary N) is 1. The molecule has 0 aliphatic carbocycles. The number of carbonyl (C=O) groups is 2. The molecule has 18 heavy (non-hydrogen) atoms. The number of carbonyl (C=O) groups excluding carboxylic acids is 2. The number of benzene rings is 1. The van der Waals surface area contributed by atoms with Gasteiger partial charge in [-0.25, -0.2) is 10.6 Å². The summed E-state index contributed by atoms with van der Waals surface area (Å²) in [6, 6.07) is 6.59. The summed E-state index contributed by atoms with van der Waals surface area (Å²) in [6.45, 7) is 5.09. The van der Waals surface area contributed by atoms with Gasteiger partial charge < -0.3 is 4.74 Å². The van der Waals surface area contributed by atoms with E-state index in [1.165, 1.54) is 0 Å². The summed E-state index contributed by atoms with van der Waals surface area (Å²) in [5.41, 5.74) is -0.399. The van der Waals surface area contributed by atoms with Gasteiger partial charge in [-0.2, -0.15) is 5.01 Å². The van der Waals surface area contributed by atoms with Crippen LogP contribution in [0, 0.1) is 0 Å². The fraction of sp³-hybridized carbons (Fsp3) is 0.333. The molecule has 0 saturated carbocycles. The number of halogens is 1. The second-order valence-electron chi connectivity index (χ2n) is 4.67. The van der Waals surface area contributed by atoms with Gasteiger partial charge in [-0.3, -0.25) is 4.79 Å². The molecule has 0 aliphatic heterocycles. The van der Waals surface area contributed by atoms with E-state index in [4.69, 9.17) is 10.6 Å². The lowest BCUT2D eigenvalue weighted by Gasteiger charge is -2.23. The Kier molecular flexibility index (Phi) is 4.48. The van der Waals surface area contributed by atoms with Gasteiger partial charge in [0.2, 0.25) is 0 Å². The lowest BCUT2D eigenvalue weighted by molar-refractivity contribution is 0.0239. The van der Waals surface area contributed by atoms with Gasteiger partial charge in [-0.1, -0.05) is 22.0 Å².